The summed E-state index contributed by atoms with van der Waals surface area (Å²) in [6.07, 6.45) is 2.23. The average Bonchev–Trinajstić information content (AvgIpc) is 2.91. The Morgan fingerprint density at radius 3 is 2.62 bits per heavy atom. The van der Waals surface area contributed by atoms with Crippen LogP contribution in [0.3, 0.4) is 0 Å². The van der Waals surface area contributed by atoms with Crippen molar-refractivity contribution in [1.82, 2.24) is 9.38 Å². The van der Waals surface area contributed by atoms with Gasteiger partial charge in [-0.3, -0.25) is 4.79 Å². The molecule has 1 amide bonds. The average molecular weight is 351 g/mol. The van der Waals surface area contributed by atoms with E-state index in [1.807, 2.05) is 60.8 Å². The zero-order valence-electron chi connectivity index (χ0n) is 15.7. The maximum Gasteiger partial charge on any atom is 0.230 e. The third-order valence-corrected chi connectivity index (χ3v) is 4.19. The van der Waals surface area contributed by atoms with Gasteiger partial charge in [0.05, 0.1) is 24.4 Å². The van der Waals surface area contributed by atoms with Crippen molar-refractivity contribution in [3.63, 3.8) is 0 Å². The molecule has 0 unspecified atom stereocenters. The highest BCUT2D eigenvalue weighted by Gasteiger charge is 2.14. The molecule has 0 aliphatic rings. The Morgan fingerprint density at radius 1 is 1.19 bits per heavy atom. The number of rotatable bonds is 6. The molecular formula is C21H25N3O2. The molecule has 1 aromatic carbocycles. The number of aromatic nitrogens is 2. The number of pyridine rings is 1. The molecule has 2 heterocycles. The molecule has 0 atom stereocenters. The van der Waals surface area contributed by atoms with Crippen LogP contribution >= 0.6 is 0 Å². The maximum absolute atomic E-state index is 12.5. The Morgan fingerprint density at radius 2 is 1.92 bits per heavy atom. The maximum atomic E-state index is 12.5. The summed E-state index contributed by atoms with van der Waals surface area (Å²) in [6.45, 7) is 8.86. The number of carbonyl (C=O) groups excluding carboxylic acids is 1. The molecule has 136 valence electrons. The molecule has 5 nitrogen and oxygen atoms in total. The van der Waals surface area contributed by atoms with Crippen LogP contribution < -0.4 is 10.1 Å². The summed E-state index contributed by atoms with van der Waals surface area (Å²) in [5, 5.41) is 2.94. The lowest BCUT2D eigenvalue weighted by Gasteiger charge is -2.10. The van der Waals surface area contributed by atoms with E-state index in [1.54, 1.807) is 0 Å². The number of carbonyl (C=O) groups is 1. The fraction of sp³-hybridized carbons (Fsp3) is 0.333. The van der Waals surface area contributed by atoms with Crippen molar-refractivity contribution in [3.8, 4) is 5.75 Å². The van der Waals surface area contributed by atoms with Gasteiger partial charge >= 0.3 is 0 Å². The van der Waals surface area contributed by atoms with E-state index in [-0.39, 0.29) is 12.3 Å². The number of fused-ring (bicyclic) bond motifs is 1. The Bertz CT molecular complexity index is 911. The summed E-state index contributed by atoms with van der Waals surface area (Å²) in [6, 6.07) is 11.5. The van der Waals surface area contributed by atoms with Crippen LogP contribution in [0.5, 0.6) is 5.75 Å². The largest absolute Gasteiger partial charge is 0.493 e. The molecule has 0 saturated carbocycles. The van der Waals surface area contributed by atoms with Crippen LogP contribution in [0.25, 0.3) is 5.65 Å². The molecule has 1 N–H and O–H groups in total. The van der Waals surface area contributed by atoms with Crippen LogP contribution in [0.1, 0.15) is 30.8 Å². The van der Waals surface area contributed by atoms with Crippen molar-refractivity contribution < 1.29 is 9.53 Å². The van der Waals surface area contributed by atoms with E-state index >= 15 is 0 Å². The lowest BCUT2D eigenvalue weighted by molar-refractivity contribution is -0.115. The molecule has 0 saturated heterocycles. The minimum Gasteiger partial charge on any atom is -0.493 e. The molecule has 0 bridgehead atoms. The topological polar surface area (TPSA) is 55.6 Å². The van der Waals surface area contributed by atoms with Gasteiger partial charge < -0.3 is 14.5 Å². The number of nitrogens with zero attached hydrogens (tertiary/aromatic N) is 2. The predicted octanol–water partition coefficient (Wildman–Crippen LogP) is 4.17. The molecule has 3 aromatic rings. The molecule has 26 heavy (non-hydrogen) atoms. The summed E-state index contributed by atoms with van der Waals surface area (Å²) in [5.74, 6) is 1.23. The first-order chi connectivity index (χ1) is 12.4. The molecule has 2 aromatic heterocycles. The fourth-order valence-corrected chi connectivity index (χ4v) is 2.83. The molecule has 5 heteroatoms. The van der Waals surface area contributed by atoms with Gasteiger partial charge in [-0.15, -0.1) is 0 Å². The highest BCUT2D eigenvalue weighted by Crippen LogP contribution is 2.18. The van der Waals surface area contributed by atoms with Gasteiger partial charge in [-0.25, -0.2) is 4.98 Å². The van der Waals surface area contributed by atoms with Crippen molar-refractivity contribution in [2.24, 2.45) is 5.92 Å². The van der Waals surface area contributed by atoms with Gasteiger partial charge in [0.1, 0.15) is 11.4 Å². The SMILES string of the molecule is Cc1nc2c(C)cccn2c1CC(=O)Nc1ccc(OCC(C)C)cc1. The zero-order chi connectivity index (χ0) is 18.7. The van der Waals surface area contributed by atoms with Crippen LogP contribution in [0.15, 0.2) is 42.6 Å². The summed E-state index contributed by atoms with van der Waals surface area (Å²) in [4.78, 5) is 17.1. The number of ether oxygens (including phenoxy) is 1. The van der Waals surface area contributed by atoms with Crippen molar-refractivity contribution in [2.75, 3.05) is 11.9 Å². The molecule has 0 fully saturated rings. The first kappa shape index (κ1) is 18.0. The minimum absolute atomic E-state index is 0.0627. The number of hydrogen-bond donors (Lipinski definition) is 1. The molecule has 0 spiro atoms. The smallest absolute Gasteiger partial charge is 0.230 e. The molecular weight excluding hydrogens is 326 g/mol. The van der Waals surface area contributed by atoms with E-state index in [0.717, 1.165) is 34.0 Å². The van der Waals surface area contributed by atoms with Crippen molar-refractivity contribution >= 4 is 17.2 Å². The number of benzene rings is 1. The number of anilines is 1. The highest BCUT2D eigenvalue weighted by atomic mass is 16.5. The normalized spacial score (nSPS) is 11.1. The minimum atomic E-state index is -0.0627. The van der Waals surface area contributed by atoms with E-state index in [4.69, 9.17) is 4.74 Å². The van der Waals surface area contributed by atoms with Crippen molar-refractivity contribution in [1.29, 1.82) is 0 Å². The lowest BCUT2D eigenvalue weighted by Crippen LogP contribution is -2.16. The van der Waals surface area contributed by atoms with Crippen LogP contribution in [-0.4, -0.2) is 21.9 Å². The predicted molar refractivity (Wildman–Crippen MR) is 104 cm³/mol. The van der Waals surface area contributed by atoms with E-state index in [0.29, 0.717) is 12.5 Å². The van der Waals surface area contributed by atoms with E-state index in [1.165, 1.54) is 0 Å². The van der Waals surface area contributed by atoms with Gasteiger partial charge in [0.25, 0.3) is 0 Å². The first-order valence-electron chi connectivity index (χ1n) is 8.90. The highest BCUT2D eigenvalue weighted by molar-refractivity contribution is 5.92. The van der Waals surface area contributed by atoms with Crippen LogP contribution in [0.2, 0.25) is 0 Å². The quantitative estimate of drug-likeness (QED) is 0.725. The van der Waals surface area contributed by atoms with Gasteiger partial charge in [-0.05, 0) is 55.7 Å². The molecule has 0 radical (unpaired) electrons. The van der Waals surface area contributed by atoms with Gasteiger partial charge in [0.2, 0.25) is 5.91 Å². The fourth-order valence-electron chi connectivity index (χ4n) is 2.83. The van der Waals surface area contributed by atoms with E-state index in [9.17, 15) is 4.79 Å². The molecule has 0 aliphatic carbocycles. The third kappa shape index (κ3) is 4.04. The number of amides is 1. The summed E-state index contributed by atoms with van der Waals surface area (Å²) < 4.78 is 7.66. The van der Waals surface area contributed by atoms with Crippen molar-refractivity contribution in [2.45, 2.75) is 34.1 Å². The first-order valence-corrected chi connectivity index (χ1v) is 8.90. The van der Waals surface area contributed by atoms with Gasteiger partial charge in [-0.2, -0.15) is 0 Å². The molecule has 3 rings (SSSR count). The second kappa shape index (κ2) is 7.60. The van der Waals surface area contributed by atoms with Crippen molar-refractivity contribution in [3.05, 3.63) is 59.5 Å². The van der Waals surface area contributed by atoms with Gasteiger partial charge in [-0.1, -0.05) is 19.9 Å². The number of imidazole rings is 1. The Balaban J connectivity index is 1.68. The summed E-state index contributed by atoms with van der Waals surface area (Å²) >= 11 is 0. The van der Waals surface area contributed by atoms with Crippen LogP contribution in [-0.2, 0) is 11.2 Å². The standard InChI is InChI=1S/C21H25N3O2/c1-14(2)13-26-18-9-7-17(8-10-18)23-20(25)12-19-16(4)22-21-15(3)6-5-11-24(19)21/h5-11,14H,12-13H2,1-4H3,(H,23,25). The second-order valence-electron chi connectivity index (χ2n) is 6.98. The third-order valence-electron chi connectivity index (χ3n) is 4.19. The second-order valence-corrected chi connectivity index (χ2v) is 6.98. The lowest BCUT2D eigenvalue weighted by atomic mass is 10.2. The number of hydrogen-bond acceptors (Lipinski definition) is 3. The van der Waals surface area contributed by atoms with Crippen LogP contribution in [0.4, 0.5) is 5.69 Å². The van der Waals surface area contributed by atoms with E-state index in [2.05, 4.69) is 24.1 Å². The van der Waals surface area contributed by atoms with Crippen LogP contribution in [0, 0.1) is 19.8 Å². The number of aryl methyl sites for hydroxylation is 2. The van der Waals surface area contributed by atoms with Gasteiger partial charge in [0.15, 0.2) is 0 Å². The number of nitrogens with one attached hydrogen (secondary N) is 1. The van der Waals surface area contributed by atoms with Gasteiger partial charge in [0, 0.05) is 11.9 Å². The summed E-state index contributed by atoms with van der Waals surface area (Å²) in [7, 11) is 0. The Kier molecular flexibility index (Phi) is 5.26. The van der Waals surface area contributed by atoms with E-state index < -0.39 is 0 Å². The zero-order valence-corrected chi connectivity index (χ0v) is 15.7. The Hall–Kier alpha value is -2.82. The molecule has 0 aliphatic heterocycles. The summed E-state index contributed by atoms with van der Waals surface area (Å²) in [5.41, 5.74) is 4.55. The monoisotopic (exact) mass is 351 g/mol. The Labute approximate surface area is 154 Å².